The molecule has 0 saturated carbocycles. The molecule has 0 amide bonds. The van der Waals surface area contributed by atoms with E-state index < -0.39 is 18.6 Å². The second kappa shape index (κ2) is 6.59. The molecule has 0 radical (unpaired) electrons. The number of hydrogen-bond donors (Lipinski definition) is 1. The summed E-state index contributed by atoms with van der Waals surface area (Å²) in [7, 11) is 2.03. The smallest absolute Gasteiger partial charge is 0.308 e. The van der Waals surface area contributed by atoms with Gasteiger partial charge in [0.2, 0.25) is 0 Å². The number of rotatable bonds is 5. The lowest BCUT2D eigenvalue weighted by atomic mass is 10.0. The monoisotopic (exact) mass is 286 g/mol. The lowest BCUT2D eigenvalue weighted by Crippen LogP contribution is -2.38. The highest BCUT2D eigenvalue weighted by Crippen LogP contribution is 2.29. The summed E-state index contributed by atoms with van der Waals surface area (Å²) >= 11 is 0. The Hall–Kier alpha value is -1.07. The van der Waals surface area contributed by atoms with Gasteiger partial charge in [-0.2, -0.15) is 13.2 Å². The number of hydrogen-bond acceptors (Lipinski definition) is 2. The molecular formula is C15H21F3N2. The highest BCUT2D eigenvalue weighted by atomic mass is 19.4. The molecule has 1 heterocycles. The fourth-order valence-corrected chi connectivity index (χ4v) is 2.74. The van der Waals surface area contributed by atoms with Crippen LogP contribution in [0.25, 0.3) is 0 Å². The first kappa shape index (κ1) is 15.3. The molecule has 2 unspecified atom stereocenters. The van der Waals surface area contributed by atoms with E-state index in [0.717, 1.165) is 19.4 Å². The van der Waals surface area contributed by atoms with Gasteiger partial charge in [0.25, 0.3) is 0 Å². The molecule has 1 N–H and O–H groups in total. The van der Waals surface area contributed by atoms with Crippen molar-refractivity contribution in [2.24, 2.45) is 0 Å². The van der Waals surface area contributed by atoms with Gasteiger partial charge in [0.05, 0.1) is 6.42 Å². The molecule has 0 aliphatic carbocycles. The van der Waals surface area contributed by atoms with Gasteiger partial charge in [0, 0.05) is 18.6 Å². The van der Waals surface area contributed by atoms with Gasteiger partial charge in [0.15, 0.2) is 0 Å². The molecule has 1 saturated heterocycles. The summed E-state index contributed by atoms with van der Waals surface area (Å²) in [5, 5.41) is 3.10. The Balaban J connectivity index is 1.99. The molecule has 112 valence electrons. The summed E-state index contributed by atoms with van der Waals surface area (Å²) in [6, 6.07) is 8.56. The maximum atomic E-state index is 12.7. The third kappa shape index (κ3) is 4.49. The second-order valence-electron chi connectivity index (χ2n) is 5.47. The number of likely N-dealkylation sites (N-methyl/N-ethyl adjacent to an activating group) is 1. The number of benzene rings is 1. The van der Waals surface area contributed by atoms with Crippen LogP contribution in [0.2, 0.25) is 0 Å². The number of nitrogens with one attached hydrogen (secondary N) is 1. The molecule has 5 heteroatoms. The molecule has 1 aliphatic heterocycles. The average molecular weight is 286 g/mol. The van der Waals surface area contributed by atoms with Gasteiger partial charge in [0.1, 0.15) is 0 Å². The molecule has 0 spiro atoms. The lowest BCUT2D eigenvalue weighted by Gasteiger charge is -2.25. The van der Waals surface area contributed by atoms with Gasteiger partial charge in [-0.1, -0.05) is 30.3 Å². The highest BCUT2D eigenvalue weighted by Gasteiger charge is 2.33. The molecular weight excluding hydrogens is 265 g/mol. The van der Waals surface area contributed by atoms with E-state index in [1.54, 1.807) is 24.3 Å². The Morgan fingerprint density at radius 2 is 2.00 bits per heavy atom. The fourth-order valence-electron chi connectivity index (χ4n) is 2.74. The van der Waals surface area contributed by atoms with E-state index in [1.165, 1.54) is 0 Å². The van der Waals surface area contributed by atoms with Gasteiger partial charge in [-0.15, -0.1) is 0 Å². The van der Waals surface area contributed by atoms with E-state index in [1.807, 2.05) is 13.1 Å². The summed E-state index contributed by atoms with van der Waals surface area (Å²) in [4.78, 5) is 2.21. The van der Waals surface area contributed by atoms with Crippen LogP contribution >= 0.6 is 0 Å². The number of nitrogens with zero attached hydrogens (tertiary/aromatic N) is 1. The zero-order chi connectivity index (χ0) is 14.6. The minimum Gasteiger partial charge on any atom is -0.308 e. The summed E-state index contributed by atoms with van der Waals surface area (Å²) in [5.41, 5.74) is 0.700. The van der Waals surface area contributed by atoms with Crippen LogP contribution in [-0.4, -0.2) is 37.3 Å². The van der Waals surface area contributed by atoms with E-state index in [4.69, 9.17) is 0 Å². The first-order valence-corrected chi connectivity index (χ1v) is 7.01. The Bertz CT molecular complexity index is 405. The van der Waals surface area contributed by atoms with Crippen molar-refractivity contribution < 1.29 is 13.2 Å². The van der Waals surface area contributed by atoms with E-state index in [2.05, 4.69) is 10.2 Å². The number of halogens is 3. The third-order valence-electron chi connectivity index (χ3n) is 3.91. The Morgan fingerprint density at radius 1 is 1.30 bits per heavy atom. The fraction of sp³-hybridized carbons (Fsp3) is 0.600. The molecule has 0 aromatic heterocycles. The van der Waals surface area contributed by atoms with Crippen molar-refractivity contribution in [3.8, 4) is 0 Å². The van der Waals surface area contributed by atoms with Crippen molar-refractivity contribution in [3.05, 3.63) is 35.9 Å². The topological polar surface area (TPSA) is 15.3 Å². The molecule has 0 bridgehead atoms. The number of likely N-dealkylation sites (tertiary alicyclic amines) is 1. The van der Waals surface area contributed by atoms with E-state index in [9.17, 15) is 13.2 Å². The van der Waals surface area contributed by atoms with E-state index in [-0.39, 0.29) is 0 Å². The first-order valence-electron chi connectivity index (χ1n) is 7.01. The minimum absolute atomic E-state index is 0.342. The maximum Gasteiger partial charge on any atom is 0.390 e. The van der Waals surface area contributed by atoms with Crippen molar-refractivity contribution in [2.45, 2.75) is 37.5 Å². The van der Waals surface area contributed by atoms with Crippen LogP contribution in [0, 0.1) is 0 Å². The predicted molar refractivity (Wildman–Crippen MR) is 73.5 cm³/mol. The lowest BCUT2D eigenvalue weighted by molar-refractivity contribution is -0.140. The van der Waals surface area contributed by atoms with Gasteiger partial charge < -0.3 is 10.2 Å². The Kier molecular flexibility index (Phi) is 5.05. The molecule has 1 aromatic rings. The summed E-state index contributed by atoms with van der Waals surface area (Å²) in [5.74, 6) is 0. The second-order valence-corrected chi connectivity index (χ2v) is 5.47. The van der Waals surface area contributed by atoms with Crippen LogP contribution in [0.5, 0.6) is 0 Å². The molecule has 2 rings (SSSR count). The molecule has 20 heavy (non-hydrogen) atoms. The maximum absolute atomic E-state index is 12.7. The molecule has 1 aliphatic rings. The van der Waals surface area contributed by atoms with Crippen molar-refractivity contribution >= 4 is 0 Å². The van der Waals surface area contributed by atoms with Crippen molar-refractivity contribution in [2.75, 3.05) is 20.1 Å². The predicted octanol–water partition coefficient (Wildman–Crippen LogP) is 3.36. The summed E-state index contributed by atoms with van der Waals surface area (Å²) < 4.78 is 38.2. The normalized spacial score (nSPS) is 22.1. The Labute approximate surface area is 118 Å². The van der Waals surface area contributed by atoms with Gasteiger partial charge in [-0.3, -0.25) is 0 Å². The molecule has 2 atom stereocenters. The number of alkyl halides is 3. The minimum atomic E-state index is -4.16. The first-order chi connectivity index (χ1) is 9.46. The van der Waals surface area contributed by atoms with Gasteiger partial charge in [-0.05, 0) is 32.0 Å². The summed E-state index contributed by atoms with van der Waals surface area (Å²) in [6.07, 6.45) is -2.81. The molecule has 1 fully saturated rings. The van der Waals surface area contributed by atoms with Crippen LogP contribution in [0.15, 0.2) is 30.3 Å². The van der Waals surface area contributed by atoms with Crippen molar-refractivity contribution in [1.29, 1.82) is 0 Å². The Morgan fingerprint density at radius 3 is 2.55 bits per heavy atom. The van der Waals surface area contributed by atoms with Crippen LogP contribution in [0.3, 0.4) is 0 Å². The SMILES string of the molecule is CN1CCCC1CNC(CC(F)(F)F)c1ccccc1. The van der Waals surface area contributed by atoms with Crippen LogP contribution in [0.1, 0.15) is 30.9 Å². The highest BCUT2D eigenvalue weighted by molar-refractivity contribution is 5.19. The zero-order valence-electron chi connectivity index (χ0n) is 11.7. The van der Waals surface area contributed by atoms with Crippen molar-refractivity contribution in [1.82, 2.24) is 10.2 Å². The largest absolute Gasteiger partial charge is 0.390 e. The third-order valence-corrected chi connectivity index (χ3v) is 3.91. The molecule has 1 aromatic carbocycles. The zero-order valence-corrected chi connectivity index (χ0v) is 11.7. The van der Waals surface area contributed by atoms with Gasteiger partial charge >= 0.3 is 6.18 Å². The molecule has 2 nitrogen and oxygen atoms in total. The van der Waals surface area contributed by atoms with Crippen LogP contribution < -0.4 is 5.32 Å². The van der Waals surface area contributed by atoms with Gasteiger partial charge in [-0.25, -0.2) is 0 Å². The summed E-state index contributed by atoms with van der Waals surface area (Å²) in [6.45, 7) is 1.63. The standard InChI is InChI=1S/C15H21F3N2/c1-20-9-5-8-13(20)11-19-14(10-15(16,17)18)12-6-3-2-4-7-12/h2-4,6-7,13-14,19H,5,8-11H2,1H3. The van der Waals surface area contributed by atoms with Crippen LogP contribution in [0.4, 0.5) is 13.2 Å². The van der Waals surface area contributed by atoms with E-state index >= 15 is 0 Å². The quantitative estimate of drug-likeness (QED) is 0.893. The van der Waals surface area contributed by atoms with Crippen LogP contribution in [-0.2, 0) is 0 Å². The van der Waals surface area contributed by atoms with E-state index in [0.29, 0.717) is 18.2 Å². The average Bonchev–Trinajstić information content (AvgIpc) is 2.80. The van der Waals surface area contributed by atoms with Crippen molar-refractivity contribution in [3.63, 3.8) is 0 Å².